The van der Waals surface area contributed by atoms with Gasteiger partial charge >= 0.3 is 0 Å². The molecule has 0 amide bonds. The molecule has 4 aliphatic rings. The predicted octanol–water partition coefficient (Wildman–Crippen LogP) is 11.8. The van der Waals surface area contributed by atoms with Gasteiger partial charge in [-0.2, -0.15) is 0 Å². The molecular weight excluding hydrogens is 480 g/mol. The molecule has 1 aromatic rings. The summed E-state index contributed by atoms with van der Waals surface area (Å²) in [5, 5.41) is 0. The highest BCUT2D eigenvalue weighted by atomic mass is 14.6. The van der Waals surface area contributed by atoms with Gasteiger partial charge in [-0.25, -0.2) is 0 Å². The molecule has 0 aromatic heterocycles. The maximum absolute atomic E-state index is 4.24. The van der Waals surface area contributed by atoms with Crippen molar-refractivity contribution in [2.45, 2.75) is 137 Å². The molecule has 0 spiro atoms. The highest BCUT2D eigenvalue weighted by molar-refractivity contribution is 5.84. The van der Waals surface area contributed by atoms with Gasteiger partial charge in [0.15, 0.2) is 0 Å². The summed E-state index contributed by atoms with van der Waals surface area (Å²) < 4.78 is 0. The summed E-state index contributed by atoms with van der Waals surface area (Å²) in [6, 6.07) is 5.40. The van der Waals surface area contributed by atoms with E-state index in [0.29, 0.717) is 5.41 Å². The lowest BCUT2D eigenvalue weighted by atomic mass is 9.42. The number of aryl methyl sites for hydroxylation is 1. The molecule has 5 atom stereocenters. The minimum Gasteiger partial charge on any atom is -0.0990 e. The van der Waals surface area contributed by atoms with Gasteiger partial charge in [-0.3, -0.25) is 0 Å². The van der Waals surface area contributed by atoms with Gasteiger partial charge in [0.2, 0.25) is 0 Å². The highest BCUT2D eigenvalue weighted by Crippen LogP contribution is 2.65. The zero-order valence-electron chi connectivity index (χ0n) is 27.3. The second-order valence-electron chi connectivity index (χ2n) is 15.4. The molecule has 0 nitrogen and oxygen atoms in total. The molecule has 0 heterocycles. The van der Waals surface area contributed by atoms with Crippen LogP contribution in [-0.2, 0) is 11.8 Å². The van der Waals surface area contributed by atoms with Crippen LogP contribution in [0.2, 0.25) is 0 Å². The van der Waals surface area contributed by atoms with Gasteiger partial charge in [-0.05, 0) is 140 Å². The van der Waals surface area contributed by atoms with E-state index >= 15 is 0 Å². The van der Waals surface area contributed by atoms with Crippen molar-refractivity contribution in [2.24, 2.45) is 41.4 Å². The van der Waals surface area contributed by atoms with Crippen molar-refractivity contribution in [2.75, 3.05) is 0 Å². The normalized spacial score (nSPS) is 28.1. The Balaban J connectivity index is 1.56. The van der Waals surface area contributed by atoms with E-state index in [4.69, 9.17) is 0 Å². The lowest BCUT2D eigenvalue weighted by Gasteiger charge is -2.63. The Morgan fingerprint density at radius 3 is 2.25 bits per heavy atom. The molecule has 0 N–H and O–H groups in total. The van der Waals surface area contributed by atoms with Gasteiger partial charge in [0.1, 0.15) is 0 Å². The zero-order chi connectivity index (χ0) is 28.6. The molecule has 4 aliphatic carbocycles. The van der Waals surface area contributed by atoms with Crippen molar-refractivity contribution in [3.63, 3.8) is 0 Å². The fraction of sp³-hybridized carbons (Fsp3) is 0.700. The van der Waals surface area contributed by atoms with Crippen LogP contribution in [0.1, 0.15) is 141 Å². The van der Waals surface area contributed by atoms with Crippen molar-refractivity contribution >= 4 is 5.57 Å². The third-order valence-electron chi connectivity index (χ3n) is 12.3. The molecular formula is C40H60. The summed E-state index contributed by atoms with van der Waals surface area (Å²) in [4.78, 5) is 0. The SMILES string of the molecule is C=CC=C(C(=C(C)C)C1C2CCC2C1C(C)CC)c1cc(CC2CCC2)c(C2(CCCC(C)C)CCC2)cc1C. The van der Waals surface area contributed by atoms with Crippen LogP contribution >= 0.6 is 0 Å². The molecule has 0 bridgehead atoms. The molecule has 40 heavy (non-hydrogen) atoms. The molecule has 5 unspecified atom stereocenters. The monoisotopic (exact) mass is 540 g/mol. The Hall–Kier alpha value is -1.56. The van der Waals surface area contributed by atoms with Crippen molar-refractivity contribution in [1.29, 1.82) is 0 Å². The van der Waals surface area contributed by atoms with Crippen molar-refractivity contribution in [3.8, 4) is 0 Å². The van der Waals surface area contributed by atoms with Gasteiger partial charge in [0, 0.05) is 0 Å². The second-order valence-corrected chi connectivity index (χ2v) is 15.4. The quantitative estimate of drug-likeness (QED) is 0.218. The molecule has 0 heteroatoms. The number of benzene rings is 1. The number of hydrogen-bond acceptors (Lipinski definition) is 0. The number of rotatable bonds is 13. The van der Waals surface area contributed by atoms with Crippen LogP contribution in [0.5, 0.6) is 0 Å². The maximum atomic E-state index is 4.24. The Labute approximate surface area is 248 Å². The topological polar surface area (TPSA) is 0 Å². The fourth-order valence-corrected chi connectivity index (χ4v) is 9.38. The van der Waals surface area contributed by atoms with E-state index in [-0.39, 0.29) is 0 Å². The van der Waals surface area contributed by atoms with Crippen molar-refractivity contribution in [3.05, 3.63) is 64.3 Å². The maximum Gasteiger partial charge on any atom is -0.00441 e. The smallest absolute Gasteiger partial charge is 0.00441 e. The Bertz CT molecular complexity index is 1110. The molecule has 0 saturated heterocycles. The van der Waals surface area contributed by atoms with Gasteiger partial charge < -0.3 is 0 Å². The molecule has 220 valence electrons. The van der Waals surface area contributed by atoms with E-state index in [2.05, 4.69) is 79.3 Å². The number of hydrogen-bond donors (Lipinski definition) is 0. The summed E-state index contributed by atoms with van der Waals surface area (Å²) in [6.07, 6.45) is 22.6. The Morgan fingerprint density at radius 1 is 1.02 bits per heavy atom. The van der Waals surface area contributed by atoms with E-state index in [1.807, 2.05) is 0 Å². The Morgan fingerprint density at radius 2 is 1.75 bits per heavy atom. The third-order valence-corrected chi connectivity index (χ3v) is 12.3. The molecule has 0 aliphatic heterocycles. The summed E-state index contributed by atoms with van der Waals surface area (Å²) in [5.74, 6) is 5.99. The lowest BCUT2D eigenvalue weighted by molar-refractivity contribution is -0.107. The predicted molar refractivity (Wildman–Crippen MR) is 176 cm³/mol. The Kier molecular flexibility index (Phi) is 9.24. The highest BCUT2D eigenvalue weighted by Gasteiger charge is 2.57. The van der Waals surface area contributed by atoms with Crippen LogP contribution in [0.15, 0.2) is 42.0 Å². The first-order valence-corrected chi connectivity index (χ1v) is 17.4. The summed E-state index contributed by atoms with van der Waals surface area (Å²) >= 11 is 0. The summed E-state index contributed by atoms with van der Waals surface area (Å²) in [5.41, 5.74) is 11.6. The van der Waals surface area contributed by atoms with Crippen LogP contribution in [0.3, 0.4) is 0 Å². The number of allylic oxidation sites excluding steroid dienone is 5. The summed E-state index contributed by atoms with van der Waals surface area (Å²) in [7, 11) is 0. The third kappa shape index (κ3) is 5.47. The largest absolute Gasteiger partial charge is 0.0990 e. The fourth-order valence-electron chi connectivity index (χ4n) is 9.38. The molecule has 4 saturated carbocycles. The first-order chi connectivity index (χ1) is 19.2. The lowest BCUT2D eigenvalue weighted by Crippen LogP contribution is -2.56. The van der Waals surface area contributed by atoms with E-state index in [9.17, 15) is 0 Å². The van der Waals surface area contributed by atoms with Crippen LogP contribution < -0.4 is 0 Å². The van der Waals surface area contributed by atoms with Crippen molar-refractivity contribution < 1.29 is 0 Å². The minimum atomic E-state index is 0.438. The molecule has 0 radical (unpaired) electrons. The first-order valence-electron chi connectivity index (χ1n) is 17.4. The van der Waals surface area contributed by atoms with E-state index in [0.717, 1.165) is 41.4 Å². The molecule has 1 aromatic carbocycles. The van der Waals surface area contributed by atoms with Crippen LogP contribution in [0, 0.1) is 48.3 Å². The average Bonchev–Trinajstić information content (AvgIpc) is 2.84. The van der Waals surface area contributed by atoms with Gasteiger partial charge in [0.25, 0.3) is 0 Å². The molecule has 4 fully saturated rings. The van der Waals surface area contributed by atoms with Crippen LogP contribution in [0.25, 0.3) is 5.57 Å². The van der Waals surface area contributed by atoms with Gasteiger partial charge in [-0.1, -0.05) is 109 Å². The minimum absolute atomic E-state index is 0.438. The van der Waals surface area contributed by atoms with Crippen LogP contribution in [0.4, 0.5) is 0 Å². The summed E-state index contributed by atoms with van der Waals surface area (Å²) in [6.45, 7) is 21.2. The zero-order valence-corrected chi connectivity index (χ0v) is 27.3. The first kappa shape index (κ1) is 29.9. The standard InChI is InChI=1S/C40H60/c1-9-14-32(37(27(5)6)39-34-19-18-33(34)38(39)28(7)10-2)35-25-31(24-30-16-11-17-30)36(23-29(35)8)40(21-13-22-40)20-12-15-26(3)4/h9,14,23,25-26,28,30,33-34,38-39H,1,10-13,15-22,24H2,2-8H3. The number of fused-ring (bicyclic) bond motifs is 1. The average molecular weight is 541 g/mol. The van der Waals surface area contributed by atoms with E-state index in [1.54, 1.807) is 16.7 Å². The second kappa shape index (κ2) is 12.4. The van der Waals surface area contributed by atoms with Crippen LogP contribution in [-0.4, -0.2) is 0 Å². The van der Waals surface area contributed by atoms with Gasteiger partial charge in [0.05, 0.1) is 0 Å². The van der Waals surface area contributed by atoms with E-state index < -0.39 is 0 Å². The molecule has 5 rings (SSSR count). The van der Waals surface area contributed by atoms with E-state index in [1.165, 1.54) is 106 Å². The van der Waals surface area contributed by atoms with Gasteiger partial charge in [-0.15, -0.1) is 0 Å². The van der Waals surface area contributed by atoms with Crippen molar-refractivity contribution in [1.82, 2.24) is 0 Å².